The molecule has 0 aliphatic rings. The molecular weight excluding hydrogens is 673 g/mol. The van der Waals surface area contributed by atoms with Crippen LogP contribution in [0.2, 0.25) is 0 Å². The first kappa shape index (κ1) is 47.4. The van der Waals surface area contributed by atoms with Crippen LogP contribution in [0.5, 0.6) is 0 Å². The van der Waals surface area contributed by atoms with Crippen molar-refractivity contribution in [2.45, 2.75) is 53.4 Å². The fourth-order valence-corrected chi connectivity index (χ4v) is 2.46. The van der Waals surface area contributed by atoms with E-state index in [1.807, 2.05) is 0 Å². The second-order valence-electron chi connectivity index (χ2n) is 8.12. The Morgan fingerprint density at radius 3 is 1.69 bits per heavy atom. The standard InChI is InChI=1S/C12H24N2O2.C7H14N2O4.C5H13N.CH2O2.Lu/c1-3-14(4-2)11-12(16)13-9-7-5-6-8-10-15;1-9(5-7(12)13)3-2-8-4-6(10)11;1-4-6(3)5-2;2-1-3;/h10H,3-9,11H2,1-2H3,(H,13,16);8H,2-5H2,1H3,(H,10,11)(H,12,13);4-5H2,1-3H3;1H,(H,2,3);. The normalized spacial score (nSPS) is 9.56. The Hall–Kier alpha value is -1.38. The van der Waals surface area contributed by atoms with Crippen LogP contribution >= 0.6 is 0 Å². The number of hydrogen-bond acceptors (Lipinski definition) is 9. The number of carboxylic acids is 2. The van der Waals surface area contributed by atoms with Crippen LogP contribution in [-0.2, 0) is 24.0 Å². The third-order valence-corrected chi connectivity index (χ3v) is 5.01. The van der Waals surface area contributed by atoms with Gasteiger partial charge in [0, 0.05) is 62.9 Å². The third kappa shape index (κ3) is 50.0. The zero-order valence-corrected chi connectivity index (χ0v) is 26.2. The first-order valence-electron chi connectivity index (χ1n) is 13.0. The molecule has 5 N–H and O–H groups in total. The monoisotopic (exact) mass is 726 g/mol. The Morgan fingerprint density at radius 1 is 0.769 bits per heavy atom. The average Bonchev–Trinajstić information content (AvgIpc) is 2.87. The molecule has 0 heterocycles. The van der Waals surface area contributed by atoms with Gasteiger partial charge in [-0.15, -0.1) is 0 Å². The molecule has 1 radical (unpaired) electrons. The van der Waals surface area contributed by atoms with Crippen LogP contribution in [-0.4, -0.2) is 140 Å². The predicted molar refractivity (Wildman–Crippen MR) is 149 cm³/mol. The molecule has 0 saturated heterocycles. The number of carbonyl (C=O) groups excluding carboxylic acids is 2. The van der Waals surface area contributed by atoms with Crippen molar-refractivity contribution in [3.63, 3.8) is 0 Å². The third-order valence-electron chi connectivity index (χ3n) is 5.01. The summed E-state index contributed by atoms with van der Waals surface area (Å²) in [4.78, 5) is 56.0. The van der Waals surface area contributed by atoms with Crippen LogP contribution in [0.25, 0.3) is 0 Å². The molecule has 39 heavy (non-hydrogen) atoms. The Kier molecular flexibility index (Phi) is 47.1. The minimum absolute atomic E-state index is 0. The molecule has 0 aromatic rings. The molecule has 1 amide bonds. The van der Waals surface area contributed by atoms with E-state index in [2.05, 4.69) is 55.2 Å². The number of carboxylic acid groups (broad SMARTS) is 3. The number of hydrogen-bond donors (Lipinski definition) is 5. The van der Waals surface area contributed by atoms with E-state index in [0.717, 1.165) is 58.3 Å². The number of likely N-dealkylation sites (N-methyl/N-ethyl adjacent to an activating group) is 2. The maximum atomic E-state index is 11.5. The van der Waals surface area contributed by atoms with Crippen LogP contribution in [0.3, 0.4) is 0 Å². The second-order valence-corrected chi connectivity index (χ2v) is 8.12. The number of nitrogens with zero attached hydrogens (tertiary/aromatic N) is 3. The van der Waals surface area contributed by atoms with Crippen molar-refractivity contribution in [2.75, 3.05) is 79.5 Å². The number of aliphatic carboxylic acids is 2. The van der Waals surface area contributed by atoms with E-state index in [0.29, 0.717) is 26.1 Å². The molecule has 0 atom stereocenters. The minimum Gasteiger partial charge on any atom is -0.483 e. The number of unbranched alkanes of at least 4 members (excludes halogenated alkanes) is 3. The number of amides is 1. The summed E-state index contributed by atoms with van der Waals surface area (Å²) in [6.45, 7) is 14.4. The van der Waals surface area contributed by atoms with Crippen molar-refractivity contribution in [1.82, 2.24) is 25.3 Å². The number of aldehydes is 1. The van der Waals surface area contributed by atoms with E-state index in [4.69, 9.17) is 20.1 Å². The summed E-state index contributed by atoms with van der Waals surface area (Å²) < 4.78 is 0. The molecule has 0 bridgehead atoms. The topological polar surface area (TPSA) is 180 Å². The number of rotatable bonds is 19. The minimum atomic E-state index is -0.916. The summed E-state index contributed by atoms with van der Waals surface area (Å²) in [5.74, 6) is -1.71. The largest absolute Gasteiger partial charge is 0.483 e. The second kappa shape index (κ2) is 38.8. The van der Waals surface area contributed by atoms with E-state index < -0.39 is 11.9 Å². The van der Waals surface area contributed by atoms with E-state index in [9.17, 15) is 19.2 Å². The fraction of sp³-hybridized carbons (Fsp3) is 0.800. The summed E-state index contributed by atoms with van der Waals surface area (Å²) in [5.41, 5.74) is 0. The molecule has 0 aromatic carbocycles. The van der Waals surface area contributed by atoms with Gasteiger partial charge in [-0.2, -0.15) is 0 Å². The fourth-order valence-electron chi connectivity index (χ4n) is 2.46. The summed E-state index contributed by atoms with van der Waals surface area (Å²) in [5, 5.41) is 29.1. The van der Waals surface area contributed by atoms with E-state index in [-0.39, 0.29) is 62.3 Å². The number of carbonyl (C=O) groups is 5. The summed E-state index contributed by atoms with van der Waals surface area (Å²) in [7, 11) is 3.77. The van der Waals surface area contributed by atoms with Gasteiger partial charge in [-0.3, -0.25) is 29.0 Å². The smallest absolute Gasteiger partial charge is 0.317 e. The Labute approximate surface area is 263 Å². The maximum absolute atomic E-state index is 11.5. The van der Waals surface area contributed by atoms with Gasteiger partial charge >= 0.3 is 11.9 Å². The first-order chi connectivity index (χ1) is 18.0. The molecule has 0 aliphatic carbocycles. The van der Waals surface area contributed by atoms with E-state index >= 15 is 0 Å². The van der Waals surface area contributed by atoms with Gasteiger partial charge in [0.25, 0.3) is 6.47 Å². The zero-order valence-electron chi connectivity index (χ0n) is 24.5. The Bertz CT molecular complexity index is 581. The van der Waals surface area contributed by atoms with Crippen molar-refractivity contribution < 1.29 is 76.2 Å². The van der Waals surface area contributed by atoms with Crippen molar-refractivity contribution in [3.8, 4) is 0 Å². The predicted octanol–water partition coefficient (Wildman–Crippen LogP) is 0.540. The van der Waals surface area contributed by atoms with Gasteiger partial charge in [0.05, 0.1) is 19.6 Å². The van der Waals surface area contributed by atoms with Gasteiger partial charge in [-0.1, -0.05) is 34.1 Å². The van der Waals surface area contributed by atoms with Gasteiger partial charge < -0.3 is 35.6 Å². The van der Waals surface area contributed by atoms with Crippen LogP contribution in [0.15, 0.2) is 0 Å². The van der Waals surface area contributed by atoms with Crippen molar-refractivity contribution in [3.05, 3.63) is 0 Å². The molecule has 0 saturated carbocycles. The quantitative estimate of drug-likeness (QED) is 0.0923. The van der Waals surface area contributed by atoms with Gasteiger partial charge in [0.2, 0.25) is 5.91 Å². The Balaban J connectivity index is -0.000000150. The van der Waals surface area contributed by atoms with Crippen LogP contribution in [0, 0.1) is 36.9 Å². The molecule has 0 unspecified atom stereocenters. The van der Waals surface area contributed by atoms with E-state index in [1.165, 1.54) is 0 Å². The van der Waals surface area contributed by atoms with Crippen LogP contribution < -0.4 is 10.6 Å². The van der Waals surface area contributed by atoms with Gasteiger partial charge in [-0.25, -0.2) is 0 Å². The van der Waals surface area contributed by atoms with Gasteiger partial charge in [-0.05, 0) is 53.1 Å². The Morgan fingerprint density at radius 2 is 1.31 bits per heavy atom. The SMILES string of the molecule is CCN(C)CC.CCN(CC)CC(=O)NCCCCCC=O.CN(CCNCC(=O)O)CC(=O)O.O=CO.[Lu]. The zero-order chi connectivity index (χ0) is 30.2. The summed E-state index contributed by atoms with van der Waals surface area (Å²) in [6.07, 6.45) is 4.46. The first-order valence-corrected chi connectivity index (χ1v) is 13.0. The maximum Gasteiger partial charge on any atom is 0.317 e. The molecule has 13 nitrogen and oxygen atoms in total. The summed E-state index contributed by atoms with van der Waals surface area (Å²) in [6, 6.07) is 0. The molecule has 0 aliphatic heterocycles. The molecule has 0 spiro atoms. The van der Waals surface area contributed by atoms with Crippen molar-refractivity contribution in [1.29, 1.82) is 0 Å². The molecule has 14 heteroatoms. The molecular formula is C25H53LuN5O8. The van der Waals surface area contributed by atoms with E-state index in [1.54, 1.807) is 11.9 Å². The molecule has 241 valence electrons. The van der Waals surface area contributed by atoms with Crippen molar-refractivity contribution >= 4 is 30.6 Å². The summed E-state index contributed by atoms with van der Waals surface area (Å²) >= 11 is 0. The van der Waals surface area contributed by atoms with Crippen LogP contribution in [0.4, 0.5) is 0 Å². The molecule has 0 fully saturated rings. The van der Waals surface area contributed by atoms with Gasteiger partial charge in [0.1, 0.15) is 6.29 Å². The van der Waals surface area contributed by atoms with Crippen LogP contribution in [0.1, 0.15) is 53.4 Å². The van der Waals surface area contributed by atoms with Gasteiger partial charge in [0.15, 0.2) is 0 Å². The molecule has 0 rings (SSSR count). The molecule has 0 aromatic heterocycles. The average molecular weight is 727 g/mol. The number of nitrogens with one attached hydrogen (secondary N) is 2. The van der Waals surface area contributed by atoms with Crippen molar-refractivity contribution in [2.24, 2.45) is 0 Å².